The smallest absolute Gasteiger partial charge is 0.338 e. The number of aromatic amines is 1. The van der Waals surface area contributed by atoms with E-state index in [0.29, 0.717) is 10.4 Å². The standard InChI is InChI=1S/C24H30N6O6S/c1-13-9-18(20(31)25-10-14-7-6-8-16-15(14)11-27-29-16)37-19(13)21(32)28-17(22(33)35-5)12-26-23(34)30-36-24(2,3)4/h6-9,11,17H,10,12H2,1-5H3,(H,25,31)(H,27,29)(H,28,32)(H2,26,30,34). The summed E-state index contributed by atoms with van der Waals surface area (Å²) in [6, 6.07) is 5.42. The van der Waals surface area contributed by atoms with Crippen LogP contribution < -0.4 is 21.4 Å². The minimum atomic E-state index is -1.16. The number of H-pyrrole nitrogens is 1. The summed E-state index contributed by atoms with van der Waals surface area (Å²) in [5.41, 5.74) is 3.94. The molecule has 0 spiro atoms. The van der Waals surface area contributed by atoms with Crippen molar-refractivity contribution in [3.8, 4) is 0 Å². The SMILES string of the molecule is COC(=O)C(CNC(=O)NOC(C)(C)C)NC(=O)c1sc(C(=O)NCc2cccc3[nH]ncc23)cc1C. The van der Waals surface area contributed by atoms with E-state index in [1.54, 1.807) is 40.0 Å². The van der Waals surface area contributed by atoms with Crippen molar-refractivity contribution >= 4 is 46.1 Å². The fourth-order valence-corrected chi connectivity index (χ4v) is 4.25. The lowest BCUT2D eigenvalue weighted by molar-refractivity contribution is -0.142. The van der Waals surface area contributed by atoms with Crippen molar-refractivity contribution in [1.82, 2.24) is 31.6 Å². The largest absolute Gasteiger partial charge is 0.467 e. The van der Waals surface area contributed by atoms with E-state index in [-0.39, 0.29) is 23.9 Å². The van der Waals surface area contributed by atoms with E-state index in [0.717, 1.165) is 27.8 Å². The molecular weight excluding hydrogens is 500 g/mol. The number of thiophene rings is 1. The highest BCUT2D eigenvalue weighted by Gasteiger charge is 2.26. The van der Waals surface area contributed by atoms with E-state index < -0.39 is 29.6 Å². The molecule has 0 radical (unpaired) electrons. The maximum absolute atomic E-state index is 12.9. The third-order valence-corrected chi connectivity index (χ3v) is 6.30. The van der Waals surface area contributed by atoms with Gasteiger partial charge in [0.2, 0.25) is 0 Å². The van der Waals surface area contributed by atoms with Crippen LogP contribution in [0.5, 0.6) is 0 Å². The third kappa shape index (κ3) is 7.51. The van der Waals surface area contributed by atoms with E-state index >= 15 is 0 Å². The number of benzene rings is 1. The molecule has 3 rings (SSSR count). The first-order valence-electron chi connectivity index (χ1n) is 11.4. The summed E-state index contributed by atoms with van der Waals surface area (Å²) in [5.74, 6) is -1.66. The van der Waals surface area contributed by atoms with E-state index in [2.05, 4.69) is 31.6 Å². The molecule has 0 bridgehead atoms. The van der Waals surface area contributed by atoms with Gasteiger partial charge in [-0.25, -0.2) is 15.1 Å². The molecule has 1 atom stereocenters. The van der Waals surface area contributed by atoms with Crippen molar-refractivity contribution in [2.45, 2.75) is 45.9 Å². The summed E-state index contributed by atoms with van der Waals surface area (Å²) < 4.78 is 4.74. The molecule has 0 aliphatic heterocycles. The van der Waals surface area contributed by atoms with Crippen LogP contribution in [0.25, 0.3) is 10.9 Å². The molecule has 4 amide bonds. The zero-order chi connectivity index (χ0) is 27.2. The number of methoxy groups -OCH3 is 1. The van der Waals surface area contributed by atoms with E-state index in [4.69, 9.17) is 9.57 Å². The molecule has 0 saturated carbocycles. The number of ether oxygens (including phenoxy) is 1. The molecule has 5 N–H and O–H groups in total. The summed E-state index contributed by atoms with van der Waals surface area (Å²) in [5, 5.41) is 15.7. The number of fused-ring (bicyclic) bond motifs is 1. The number of hydrogen-bond acceptors (Lipinski definition) is 8. The summed E-state index contributed by atoms with van der Waals surface area (Å²) in [7, 11) is 1.17. The molecule has 2 aromatic heterocycles. The van der Waals surface area contributed by atoms with E-state index in [1.807, 2.05) is 18.2 Å². The summed E-state index contributed by atoms with van der Waals surface area (Å²) in [6.45, 7) is 6.99. The predicted molar refractivity (Wildman–Crippen MR) is 137 cm³/mol. The number of nitrogens with zero attached hydrogens (tertiary/aromatic N) is 1. The van der Waals surface area contributed by atoms with Crippen LogP contribution in [0, 0.1) is 6.92 Å². The van der Waals surface area contributed by atoms with Crippen LogP contribution in [0.2, 0.25) is 0 Å². The molecule has 198 valence electrons. The van der Waals surface area contributed by atoms with Gasteiger partial charge in [-0.15, -0.1) is 11.3 Å². The minimum Gasteiger partial charge on any atom is -0.467 e. The zero-order valence-electron chi connectivity index (χ0n) is 21.2. The normalized spacial score (nSPS) is 12.0. The summed E-state index contributed by atoms with van der Waals surface area (Å²) in [6.07, 6.45) is 1.70. The topological polar surface area (TPSA) is 164 Å². The van der Waals surface area contributed by atoms with Gasteiger partial charge in [-0.3, -0.25) is 19.5 Å². The molecule has 0 aliphatic rings. The first kappa shape index (κ1) is 27.6. The van der Waals surface area contributed by atoms with Crippen molar-refractivity contribution in [1.29, 1.82) is 0 Å². The van der Waals surface area contributed by atoms with Crippen LogP contribution in [0.4, 0.5) is 4.79 Å². The van der Waals surface area contributed by atoms with Gasteiger partial charge in [-0.2, -0.15) is 5.10 Å². The Morgan fingerprint density at radius 1 is 1.14 bits per heavy atom. The molecule has 13 heteroatoms. The lowest BCUT2D eigenvalue weighted by atomic mass is 10.1. The molecule has 2 heterocycles. The first-order chi connectivity index (χ1) is 17.5. The van der Waals surface area contributed by atoms with Gasteiger partial charge in [0.05, 0.1) is 40.7 Å². The number of aryl methyl sites for hydroxylation is 1. The van der Waals surface area contributed by atoms with Crippen molar-refractivity contribution in [3.63, 3.8) is 0 Å². The second kappa shape index (κ2) is 11.8. The van der Waals surface area contributed by atoms with Gasteiger partial charge in [0.15, 0.2) is 0 Å². The summed E-state index contributed by atoms with van der Waals surface area (Å²) >= 11 is 0.998. The number of hydroxylamine groups is 1. The second-order valence-electron chi connectivity index (χ2n) is 9.13. The Morgan fingerprint density at radius 3 is 2.59 bits per heavy atom. The lowest BCUT2D eigenvalue weighted by Crippen LogP contribution is -2.51. The molecule has 3 aromatic rings. The Hall–Kier alpha value is -3.97. The molecule has 0 saturated heterocycles. The molecule has 0 aliphatic carbocycles. The predicted octanol–water partition coefficient (Wildman–Crippen LogP) is 2.16. The maximum atomic E-state index is 12.9. The van der Waals surface area contributed by atoms with Gasteiger partial charge < -0.3 is 20.7 Å². The molecular formula is C24H30N6O6S. The number of aromatic nitrogens is 2. The molecule has 0 fully saturated rings. The lowest BCUT2D eigenvalue weighted by Gasteiger charge is -2.20. The number of rotatable bonds is 9. The number of urea groups is 1. The van der Waals surface area contributed by atoms with Crippen molar-refractivity contribution < 1.29 is 28.8 Å². The highest BCUT2D eigenvalue weighted by Crippen LogP contribution is 2.23. The fourth-order valence-electron chi connectivity index (χ4n) is 3.26. The highest BCUT2D eigenvalue weighted by atomic mass is 32.1. The Balaban J connectivity index is 1.61. The van der Waals surface area contributed by atoms with Gasteiger partial charge in [-0.05, 0) is 51.0 Å². The van der Waals surface area contributed by atoms with E-state index in [1.165, 1.54) is 7.11 Å². The van der Waals surface area contributed by atoms with Crippen LogP contribution >= 0.6 is 11.3 Å². The van der Waals surface area contributed by atoms with Crippen LogP contribution in [-0.2, 0) is 20.9 Å². The van der Waals surface area contributed by atoms with Gasteiger partial charge in [0.1, 0.15) is 6.04 Å². The quantitative estimate of drug-likeness (QED) is 0.209. The minimum absolute atomic E-state index is 0.241. The number of carbonyl (C=O) groups is 4. The van der Waals surface area contributed by atoms with Crippen LogP contribution in [0.1, 0.15) is 51.2 Å². The zero-order valence-corrected chi connectivity index (χ0v) is 22.0. The Kier molecular flexibility index (Phi) is 8.84. The number of amides is 4. The van der Waals surface area contributed by atoms with Gasteiger partial charge >= 0.3 is 12.0 Å². The van der Waals surface area contributed by atoms with Crippen molar-refractivity contribution in [3.05, 3.63) is 51.3 Å². The number of esters is 1. The average Bonchev–Trinajstić information content (AvgIpc) is 3.49. The average molecular weight is 531 g/mol. The van der Waals surface area contributed by atoms with Gasteiger partial charge in [-0.1, -0.05) is 12.1 Å². The Bertz CT molecular complexity index is 1290. The summed E-state index contributed by atoms with van der Waals surface area (Å²) in [4.78, 5) is 55.6. The fraction of sp³-hybridized carbons (Fsp3) is 0.375. The highest BCUT2D eigenvalue weighted by molar-refractivity contribution is 7.16. The van der Waals surface area contributed by atoms with Gasteiger partial charge in [0.25, 0.3) is 11.8 Å². The van der Waals surface area contributed by atoms with Crippen LogP contribution in [0.15, 0.2) is 30.5 Å². The number of hydrogen-bond donors (Lipinski definition) is 5. The van der Waals surface area contributed by atoms with E-state index in [9.17, 15) is 19.2 Å². The second-order valence-corrected chi connectivity index (χ2v) is 10.2. The maximum Gasteiger partial charge on any atom is 0.338 e. The molecule has 1 aromatic carbocycles. The Morgan fingerprint density at radius 2 is 1.89 bits per heavy atom. The third-order valence-electron chi connectivity index (χ3n) is 5.07. The van der Waals surface area contributed by atoms with Gasteiger partial charge in [0, 0.05) is 11.9 Å². The number of carbonyl (C=O) groups excluding carboxylic acids is 4. The first-order valence-corrected chi connectivity index (χ1v) is 12.2. The van der Waals surface area contributed by atoms with Crippen LogP contribution in [-0.4, -0.2) is 59.3 Å². The molecule has 1 unspecified atom stereocenters. The van der Waals surface area contributed by atoms with Crippen molar-refractivity contribution in [2.75, 3.05) is 13.7 Å². The number of nitrogens with one attached hydrogen (secondary N) is 5. The Labute approximate surface area is 217 Å². The monoisotopic (exact) mass is 530 g/mol. The van der Waals surface area contributed by atoms with Crippen LogP contribution in [0.3, 0.4) is 0 Å². The molecule has 37 heavy (non-hydrogen) atoms. The molecule has 12 nitrogen and oxygen atoms in total. The van der Waals surface area contributed by atoms with Crippen molar-refractivity contribution in [2.24, 2.45) is 0 Å².